The van der Waals surface area contributed by atoms with E-state index in [1.54, 1.807) is 19.1 Å². The predicted molar refractivity (Wildman–Crippen MR) is 105 cm³/mol. The van der Waals surface area contributed by atoms with Crippen LogP contribution in [0.5, 0.6) is 0 Å². The second kappa shape index (κ2) is 7.71. The maximum atomic E-state index is 12.3. The third kappa shape index (κ3) is 3.88. The molecule has 0 fully saturated rings. The maximum Gasteiger partial charge on any atom is 0.313 e. The molecule has 1 aromatic carbocycles. The Morgan fingerprint density at radius 1 is 1.17 bits per heavy atom. The third-order valence-corrected chi connectivity index (χ3v) is 5.28. The summed E-state index contributed by atoms with van der Waals surface area (Å²) < 4.78 is 5.30. The number of carbonyl (C=O) groups is 3. The van der Waals surface area contributed by atoms with Crippen molar-refractivity contribution in [2.75, 3.05) is 23.3 Å². The molecule has 0 saturated carbocycles. The molecule has 0 unspecified atom stereocenters. The van der Waals surface area contributed by atoms with Crippen LogP contribution in [0.4, 0.5) is 11.4 Å². The number of nitrogens with one attached hydrogen (secondary N) is 2. The summed E-state index contributed by atoms with van der Waals surface area (Å²) in [5, 5.41) is 15.1. The quantitative estimate of drug-likeness (QED) is 0.679. The zero-order valence-electron chi connectivity index (χ0n) is 16.2. The second-order valence-corrected chi connectivity index (χ2v) is 7.42. The Balaban J connectivity index is 1.41. The zero-order valence-corrected chi connectivity index (χ0v) is 16.2. The van der Waals surface area contributed by atoms with E-state index in [-0.39, 0.29) is 12.5 Å². The van der Waals surface area contributed by atoms with Gasteiger partial charge in [-0.25, -0.2) is 0 Å². The van der Waals surface area contributed by atoms with Gasteiger partial charge in [0, 0.05) is 18.7 Å². The number of aliphatic hydroxyl groups excluding tert-OH is 1. The number of amides is 3. The lowest BCUT2D eigenvalue weighted by Gasteiger charge is -2.35. The summed E-state index contributed by atoms with van der Waals surface area (Å²) in [5.41, 5.74) is 3.53. The average Bonchev–Trinajstić information content (AvgIpc) is 3.15. The van der Waals surface area contributed by atoms with E-state index in [1.165, 1.54) is 0 Å². The SMILES string of the molecule is Cc1ccc([C@H](O)CNC(=O)C(=O)Nc2cc3c4c(c2)CCC(=O)N4CCC3)o1. The van der Waals surface area contributed by atoms with Gasteiger partial charge in [0.15, 0.2) is 0 Å². The Hall–Kier alpha value is -3.13. The molecular weight excluding hydrogens is 374 g/mol. The van der Waals surface area contributed by atoms with Crippen LogP contribution < -0.4 is 15.5 Å². The molecule has 1 aromatic heterocycles. The number of anilines is 2. The Labute approximate surface area is 167 Å². The van der Waals surface area contributed by atoms with Crippen molar-refractivity contribution in [3.63, 3.8) is 0 Å². The van der Waals surface area contributed by atoms with Crippen LogP contribution in [0, 0.1) is 6.92 Å². The molecule has 2 aromatic rings. The van der Waals surface area contributed by atoms with E-state index in [9.17, 15) is 19.5 Å². The predicted octanol–water partition coefficient (Wildman–Crippen LogP) is 1.60. The molecule has 8 heteroatoms. The number of hydrogen-bond donors (Lipinski definition) is 3. The summed E-state index contributed by atoms with van der Waals surface area (Å²) in [7, 11) is 0. The fourth-order valence-electron chi connectivity index (χ4n) is 3.92. The van der Waals surface area contributed by atoms with Crippen LogP contribution >= 0.6 is 0 Å². The summed E-state index contributed by atoms with van der Waals surface area (Å²) in [6.07, 6.45) is 1.76. The molecule has 0 saturated heterocycles. The Morgan fingerprint density at radius 2 is 1.93 bits per heavy atom. The van der Waals surface area contributed by atoms with Crippen LogP contribution in [-0.2, 0) is 27.2 Å². The number of nitrogens with zero attached hydrogens (tertiary/aromatic N) is 1. The van der Waals surface area contributed by atoms with E-state index in [2.05, 4.69) is 10.6 Å². The third-order valence-electron chi connectivity index (χ3n) is 5.28. The highest BCUT2D eigenvalue weighted by Crippen LogP contribution is 2.37. The molecule has 0 aliphatic carbocycles. The van der Waals surface area contributed by atoms with E-state index in [1.807, 2.05) is 17.0 Å². The van der Waals surface area contributed by atoms with Crippen LogP contribution in [0.3, 0.4) is 0 Å². The number of hydrogen-bond acceptors (Lipinski definition) is 5. The summed E-state index contributed by atoms with van der Waals surface area (Å²) in [6, 6.07) is 6.99. The van der Waals surface area contributed by atoms with Crippen molar-refractivity contribution >= 4 is 29.1 Å². The highest BCUT2D eigenvalue weighted by molar-refractivity contribution is 6.39. The van der Waals surface area contributed by atoms with E-state index in [0.717, 1.165) is 36.2 Å². The van der Waals surface area contributed by atoms with E-state index < -0.39 is 17.9 Å². The lowest BCUT2D eigenvalue weighted by molar-refractivity contribution is -0.136. The van der Waals surface area contributed by atoms with Gasteiger partial charge >= 0.3 is 11.8 Å². The standard InChI is InChI=1S/C21H23N3O5/c1-12-4-6-17(29-12)16(25)11-22-20(27)21(28)23-15-9-13-3-2-8-24-18(26)7-5-14(10-15)19(13)24/h4,6,9-10,16,25H,2-3,5,7-8,11H2,1H3,(H,22,27)(H,23,28)/t16-/m1/s1. The van der Waals surface area contributed by atoms with Crippen LogP contribution in [0.1, 0.15) is 41.6 Å². The van der Waals surface area contributed by atoms with E-state index >= 15 is 0 Å². The van der Waals surface area contributed by atoms with Crippen molar-refractivity contribution in [3.05, 3.63) is 46.9 Å². The largest absolute Gasteiger partial charge is 0.464 e. The first-order valence-corrected chi connectivity index (χ1v) is 9.72. The first-order chi connectivity index (χ1) is 13.9. The number of aliphatic hydroxyl groups is 1. The molecule has 3 N–H and O–H groups in total. The molecular formula is C21H23N3O5. The molecule has 152 valence electrons. The average molecular weight is 397 g/mol. The van der Waals surface area contributed by atoms with Crippen LogP contribution in [0.25, 0.3) is 0 Å². The number of rotatable bonds is 4. The Bertz CT molecular complexity index is 963. The van der Waals surface area contributed by atoms with E-state index in [0.29, 0.717) is 30.0 Å². The van der Waals surface area contributed by atoms with Crippen molar-refractivity contribution in [1.29, 1.82) is 0 Å². The normalized spacial score (nSPS) is 16.2. The molecule has 29 heavy (non-hydrogen) atoms. The van der Waals surface area contributed by atoms with Gasteiger partial charge in [-0.1, -0.05) is 0 Å². The zero-order chi connectivity index (χ0) is 20.5. The summed E-state index contributed by atoms with van der Waals surface area (Å²) in [5.74, 6) is -0.522. The number of benzene rings is 1. The fraction of sp³-hybridized carbons (Fsp3) is 0.381. The number of furan rings is 1. The van der Waals surface area contributed by atoms with Gasteiger partial charge in [0.25, 0.3) is 0 Å². The lowest BCUT2D eigenvalue weighted by Crippen LogP contribution is -2.39. The molecule has 4 rings (SSSR count). The van der Waals surface area contributed by atoms with Gasteiger partial charge in [-0.2, -0.15) is 0 Å². The Kier molecular flexibility index (Phi) is 5.10. The van der Waals surface area contributed by atoms with Gasteiger partial charge in [-0.05, 0) is 61.6 Å². The minimum atomic E-state index is -1.03. The van der Waals surface area contributed by atoms with Gasteiger partial charge < -0.3 is 25.1 Å². The van der Waals surface area contributed by atoms with Gasteiger partial charge in [0.1, 0.15) is 17.6 Å². The second-order valence-electron chi connectivity index (χ2n) is 7.42. The molecule has 1 atom stereocenters. The fourth-order valence-corrected chi connectivity index (χ4v) is 3.92. The topological polar surface area (TPSA) is 112 Å². The van der Waals surface area contributed by atoms with Crippen molar-refractivity contribution in [2.45, 2.75) is 38.7 Å². The van der Waals surface area contributed by atoms with Crippen molar-refractivity contribution < 1.29 is 23.9 Å². The first-order valence-electron chi connectivity index (χ1n) is 9.72. The smallest absolute Gasteiger partial charge is 0.313 e. The van der Waals surface area contributed by atoms with Gasteiger partial charge in [-0.3, -0.25) is 14.4 Å². The highest BCUT2D eigenvalue weighted by atomic mass is 16.4. The van der Waals surface area contributed by atoms with Gasteiger partial charge in [0.2, 0.25) is 5.91 Å². The molecule has 3 amide bonds. The van der Waals surface area contributed by atoms with Gasteiger partial charge in [0.05, 0.1) is 12.2 Å². The van der Waals surface area contributed by atoms with Gasteiger partial charge in [-0.15, -0.1) is 0 Å². The van der Waals surface area contributed by atoms with Crippen LogP contribution in [-0.4, -0.2) is 35.9 Å². The molecule has 2 aliphatic heterocycles. The summed E-state index contributed by atoms with van der Waals surface area (Å²) >= 11 is 0. The molecule has 0 radical (unpaired) electrons. The van der Waals surface area contributed by atoms with Crippen molar-refractivity contribution in [2.24, 2.45) is 0 Å². The highest BCUT2D eigenvalue weighted by Gasteiger charge is 2.30. The van der Waals surface area contributed by atoms with E-state index in [4.69, 9.17) is 4.42 Å². The summed E-state index contributed by atoms with van der Waals surface area (Å²) in [6.45, 7) is 2.35. The first kappa shape index (κ1) is 19.2. The molecule has 0 spiro atoms. The molecule has 2 aliphatic rings. The van der Waals surface area contributed by atoms with Crippen LogP contribution in [0.15, 0.2) is 28.7 Å². The molecule has 3 heterocycles. The monoisotopic (exact) mass is 397 g/mol. The number of aryl methyl sites for hydroxylation is 3. The maximum absolute atomic E-state index is 12.3. The van der Waals surface area contributed by atoms with Crippen LogP contribution in [0.2, 0.25) is 0 Å². The minimum Gasteiger partial charge on any atom is -0.464 e. The van der Waals surface area contributed by atoms with Crippen molar-refractivity contribution in [1.82, 2.24) is 5.32 Å². The number of carbonyl (C=O) groups excluding carboxylic acids is 3. The lowest BCUT2D eigenvalue weighted by atomic mass is 9.91. The van der Waals surface area contributed by atoms with Crippen molar-refractivity contribution in [3.8, 4) is 0 Å². The summed E-state index contributed by atoms with van der Waals surface area (Å²) in [4.78, 5) is 38.4. The molecule has 0 bridgehead atoms. The Morgan fingerprint density at radius 3 is 2.66 bits per heavy atom. The minimum absolute atomic E-state index is 0.133. The molecule has 8 nitrogen and oxygen atoms in total.